The smallest absolute Gasteiger partial charge is 0.308 e. The van der Waals surface area contributed by atoms with Gasteiger partial charge in [-0.1, -0.05) is 25.1 Å². The molecule has 0 aliphatic heterocycles. The molecule has 0 amide bonds. The SMILES string of the molecule is CCc1cnc(S(=O)(=O)c2ccccc2)cc1OC(C)=O. The maximum atomic E-state index is 12.5. The second-order valence-corrected chi connectivity index (χ2v) is 6.29. The van der Waals surface area contributed by atoms with Crippen LogP contribution in [0.25, 0.3) is 0 Å². The Morgan fingerprint density at radius 1 is 1.24 bits per heavy atom. The fourth-order valence-electron chi connectivity index (χ4n) is 1.83. The quantitative estimate of drug-likeness (QED) is 0.811. The van der Waals surface area contributed by atoms with Crippen molar-refractivity contribution in [2.24, 2.45) is 0 Å². The Labute approximate surface area is 123 Å². The molecule has 0 bridgehead atoms. The molecule has 5 nitrogen and oxygen atoms in total. The molecule has 21 heavy (non-hydrogen) atoms. The van der Waals surface area contributed by atoms with Gasteiger partial charge in [0.15, 0.2) is 5.03 Å². The van der Waals surface area contributed by atoms with Crippen molar-refractivity contribution >= 4 is 15.8 Å². The van der Waals surface area contributed by atoms with Gasteiger partial charge in [-0.15, -0.1) is 0 Å². The molecule has 1 aromatic heterocycles. The van der Waals surface area contributed by atoms with E-state index < -0.39 is 15.8 Å². The first kappa shape index (κ1) is 15.2. The zero-order valence-electron chi connectivity index (χ0n) is 11.7. The Hall–Kier alpha value is -2.21. The summed E-state index contributed by atoms with van der Waals surface area (Å²) in [5.74, 6) is -0.270. The van der Waals surface area contributed by atoms with Crippen molar-refractivity contribution in [1.82, 2.24) is 4.98 Å². The van der Waals surface area contributed by atoms with Gasteiger partial charge in [-0.2, -0.15) is 0 Å². The van der Waals surface area contributed by atoms with Gasteiger partial charge in [-0.25, -0.2) is 13.4 Å². The average Bonchev–Trinajstić information content (AvgIpc) is 2.47. The summed E-state index contributed by atoms with van der Waals surface area (Å²) in [5.41, 5.74) is 0.678. The minimum Gasteiger partial charge on any atom is -0.426 e. The van der Waals surface area contributed by atoms with Crippen LogP contribution in [-0.4, -0.2) is 19.4 Å². The molecule has 0 radical (unpaired) electrons. The van der Waals surface area contributed by atoms with E-state index in [4.69, 9.17) is 4.74 Å². The standard InChI is InChI=1S/C15H15NO4S/c1-3-12-10-16-15(9-14(12)20-11(2)17)21(18,19)13-7-5-4-6-8-13/h4-10H,3H2,1-2H3. The molecule has 0 aliphatic rings. The molecule has 1 aromatic carbocycles. The predicted octanol–water partition coefficient (Wildman–Crippen LogP) is 2.40. The van der Waals surface area contributed by atoms with Crippen LogP contribution >= 0.6 is 0 Å². The van der Waals surface area contributed by atoms with E-state index in [2.05, 4.69) is 4.98 Å². The molecule has 1 heterocycles. The van der Waals surface area contributed by atoms with Gasteiger partial charge < -0.3 is 4.74 Å². The number of hydrogen-bond acceptors (Lipinski definition) is 5. The van der Waals surface area contributed by atoms with Crippen LogP contribution in [0.3, 0.4) is 0 Å². The molecule has 0 aliphatic carbocycles. The van der Waals surface area contributed by atoms with Crippen molar-refractivity contribution in [3.05, 3.63) is 48.2 Å². The number of nitrogens with zero attached hydrogens (tertiary/aromatic N) is 1. The molecule has 6 heteroatoms. The summed E-state index contributed by atoms with van der Waals surface area (Å²) < 4.78 is 30.0. The lowest BCUT2D eigenvalue weighted by Crippen LogP contribution is -2.08. The van der Waals surface area contributed by atoms with Gasteiger partial charge in [0, 0.05) is 24.8 Å². The number of benzene rings is 1. The van der Waals surface area contributed by atoms with E-state index >= 15 is 0 Å². The van der Waals surface area contributed by atoms with Crippen molar-refractivity contribution in [3.63, 3.8) is 0 Å². The summed E-state index contributed by atoms with van der Waals surface area (Å²) >= 11 is 0. The molecule has 0 spiro atoms. The summed E-state index contributed by atoms with van der Waals surface area (Å²) in [4.78, 5) is 15.3. The summed E-state index contributed by atoms with van der Waals surface area (Å²) in [6.07, 6.45) is 2.01. The molecule has 0 unspecified atom stereocenters. The second-order valence-electron chi connectivity index (χ2n) is 4.39. The van der Waals surface area contributed by atoms with Gasteiger partial charge in [-0.05, 0) is 18.6 Å². The van der Waals surface area contributed by atoms with Crippen LogP contribution in [-0.2, 0) is 21.1 Å². The minimum absolute atomic E-state index is 0.137. The summed E-state index contributed by atoms with van der Waals surface area (Å²) in [5, 5.41) is -0.137. The topological polar surface area (TPSA) is 73.3 Å². The Morgan fingerprint density at radius 3 is 2.48 bits per heavy atom. The number of carbonyl (C=O) groups is 1. The Morgan fingerprint density at radius 2 is 1.90 bits per heavy atom. The summed E-state index contributed by atoms with van der Waals surface area (Å²) in [7, 11) is -3.72. The highest BCUT2D eigenvalue weighted by molar-refractivity contribution is 7.91. The largest absolute Gasteiger partial charge is 0.426 e. The van der Waals surface area contributed by atoms with E-state index in [1.807, 2.05) is 6.92 Å². The molecule has 2 rings (SSSR count). The molecular formula is C15H15NO4S. The van der Waals surface area contributed by atoms with Crippen LogP contribution in [0.4, 0.5) is 0 Å². The lowest BCUT2D eigenvalue weighted by atomic mass is 10.2. The first-order valence-electron chi connectivity index (χ1n) is 6.42. The van der Waals surface area contributed by atoms with Crippen LogP contribution in [0.1, 0.15) is 19.4 Å². The van der Waals surface area contributed by atoms with Gasteiger partial charge in [-0.3, -0.25) is 4.79 Å². The number of hydrogen-bond donors (Lipinski definition) is 0. The van der Waals surface area contributed by atoms with Gasteiger partial charge in [0.25, 0.3) is 0 Å². The third kappa shape index (κ3) is 3.28. The van der Waals surface area contributed by atoms with Crippen molar-refractivity contribution < 1.29 is 17.9 Å². The lowest BCUT2D eigenvalue weighted by molar-refractivity contribution is -0.131. The fourth-order valence-corrected chi connectivity index (χ4v) is 3.04. The zero-order chi connectivity index (χ0) is 15.5. The van der Waals surface area contributed by atoms with Crippen LogP contribution in [0.15, 0.2) is 52.5 Å². The van der Waals surface area contributed by atoms with Gasteiger partial charge in [0.1, 0.15) is 5.75 Å². The van der Waals surface area contributed by atoms with Gasteiger partial charge in [0.2, 0.25) is 9.84 Å². The highest BCUT2D eigenvalue weighted by Gasteiger charge is 2.21. The van der Waals surface area contributed by atoms with E-state index in [0.29, 0.717) is 12.0 Å². The first-order chi connectivity index (χ1) is 9.95. The number of aryl methyl sites for hydroxylation is 1. The van der Waals surface area contributed by atoms with Crippen molar-refractivity contribution in [3.8, 4) is 5.75 Å². The van der Waals surface area contributed by atoms with Crippen molar-refractivity contribution in [2.45, 2.75) is 30.2 Å². The molecule has 0 N–H and O–H groups in total. The summed E-state index contributed by atoms with van der Waals surface area (Å²) in [6, 6.07) is 9.30. The van der Waals surface area contributed by atoms with Gasteiger partial charge >= 0.3 is 5.97 Å². The Bertz CT molecular complexity index is 754. The monoisotopic (exact) mass is 305 g/mol. The van der Waals surface area contributed by atoms with E-state index in [1.165, 1.54) is 31.3 Å². The predicted molar refractivity (Wildman–Crippen MR) is 76.8 cm³/mol. The molecule has 0 fully saturated rings. The van der Waals surface area contributed by atoms with Crippen LogP contribution in [0.2, 0.25) is 0 Å². The molecule has 2 aromatic rings. The molecule has 110 valence electrons. The maximum absolute atomic E-state index is 12.5. The van der Waals surface area contributed by atoms with E-state index in [9.17, 15) is 13.2 Å². The second kappa shape index (κ2) is 6.05. The highest BCUT2D eigenvalue weighted by atomic mass is 32.2. The average molecular weight is 305 g/mol. The molecule has 0 atom stereocenters. The van der Waals surface area contributed by atoms with Crippen molar-refractivity contribution in [1.29, 1.82) is 0 Å². The highest BCUT2D eigenvalue weighted by Crippen LogP contribution is 2.25. The molecule has 0 saturated heterocycles. The van der Waals surface area contributed by atoms with E-state index in [-0.39, 0.29) is 15.7 Å². The number of pyridine rings is 1. The number of rotatable bonds is 4. The van der Waals surface area contributed by atoms with Crippen LogP contribution in [0.5, 0.6) is 5.75 Å². The zero-order valence-corrected chi connectivity index (χ0v) is 12.6. The van der Waals surface area contributed by atoms with E-state index in [1.54, 1.807) is 18.2 Å². The molecular weight excluding hydrogens is 290 g/mol. The number of sulfone groups is 1. The van der Waals surface area contributed by atoms with Gasteiger partial charge in [0.05, 0.1) is 4.90 Å². The number of carbonyl (C=O) groups excluding carboxylic acids is 1. The normalized spacial score (nSPS) is 11.1. The third-order valence-electron chi connectivity index (χ3n) is 2.88. The maximum Gasteiger partial charge on any atom is 0.308 e. The molecule has 0 saturated carbocycles. The van der Waals surface area contributed by atoms with E-state index in [0.717, 1.165) is 0 Å². The Balaban J connectivity index is 2.52. The summed E-state index contributed by atoms with van der Waals surface area (Å²) in [6.45, 7) is 3.14. The lowest BCUT2D eigenvalue weighted by Gasteiger charge is -2.09. The van der Waals surface area contributed by atoms with Crippen LogP contribution in [0, 0.1) is 0 Å². The number of ether oxygens (including phenoxy) is 1. The fraction of sp³-hybridized carbons (Fsp3) is 0.200. The Kier molecular flexibility index (Phi) is 4.37. The first-order valence-corrected chi connectivity index (χ1v) is 7.91. The van der Waals surface area contributed by atoms with Crippen LogP contribution < -0.4 is 4.74 Å². The third-order valence-corrected chi connectivity index (χ3v) is 4.55. The number of esters is 1. The van der Waals surface area contributed by atoms with Crippen molar-refractivity contribution in [2.75, 3.05) is 0 Å². The number of aromatic nitrogens is 1. The minimum atomic E-state index is -3.72.